The molecule has 1 fully saturated rings. The van der Waals surface area contributed by atoms with E-state index < -0.39 is 0 Å². The summed E-state index contributed by atoms with van der Waals surface area (Å²) in [4.78, 5) is 15.9. The predicted octanol–water partition coefficient (Wildman–Crippen LogP) is 2.33. The van der Waals surface area contributed by atoms with E-state index in [2.05, 4.69) is 29.2 Å². The van der Waals surface area contributed by atoms with Crippen LogP contribution in [0, 0.1) is 5.92 Å². The molecule has 2 N–H and O–H groups in total. The average Bonchev–Trinajstić information content (AvgIpc) is 2.55. The first-order valence-electron chi connectivity index (χ1n) is 7.57. The van der Waals surface area contributed by atoms with Crippen LogP contribution in [0.25, 0.3) is 0 Å². The highest BCUT2D eigenvalue weighted by atomic mass is 16.1. The van der Waals surface area contributed by atoms with Gasteiger partial charge in [0.1, 0.15) is 0 Å². The van der Waals surface area contributed by atoms with Gasteiger partial charge in [0.2, 0.25) is 0 Å². The molecule has 3 rings (SSSR count). The van der Waals surface area contributed by atoms with Crippen molar-refractivity contribution < 1.29 is 0 Å². The van der Waals surface area contributed by atoms with Crippen LogP contribution >= 0.6 is 0 Å². The van der Waals surface area contributed by atoms with Gasteiger partial charge in [0.25, 0.3) is 0 Å². The number of benzene rings is 1. The smallest absolute Gasteiger partial charge is 0.330 e. The van der Waals surface area contributed by atoms with Crippen LogP contribution in [0.4, 0.5) is 0 Å². The summed E-state index contributed by atoms with van der Waals surface area (Å²) < 4.78 is 1.77. The van der Waals surface area contributed by atoms with Gasteiger partial charge in [-0.05, 0) is 49.3 Å². The third kappa shape index (κ3) is 2.90. The Morgan fingerprint density at radius 3 is 2.71 bits per heavy atom. The van der Waals surface area contributed by atoms with Crippen molar-refractivity contribution in [2.45, 2.75) is 31.2 Å². The average molecular weight is 283 g/mol. The maximum atomic E-state index is 12.0. The lowest BCUT2D eigenvalue weighted by atomic mass is 9.75. The number of hydrogen-bond donors (Lipinski definition) is 1. The fourth-order valence-electron chi connectivity index (χ4n) is 3.47. The monoisotopic (exact) mass is 283 g/mol. The molecular formula is C17H21N3O. The lowest BCUT2D eigenvalue weighted by Gasteiger charge is -2.36. The number of rotatable bonds is 3. The molecule has 4 nitrogen and oxygen atoms in total. The van der Waals surface area contributed by atoms with E-state index in [1.807, 2.05) is 18.3 Å². The molecule has 1 aliphatic carbocycles. The summed E-state index contributed by atoms with van der Waals surface area (Å²) in [6.45, 7) is 0.619. The zero-order valence-electron chi connectivity index (χ0n) is 12.1. The molecule has 4 heteroatoms. The molecule has 2 aromatic rings. The SMILES string of the molecule is NCC1CCC(c2ccccc2)CC1n1cccnc1=O. The van der Waals surface area contributed by atoms with Crippen molar-refractivity contribution >= 4 is 0 Å². The van der Waals surface area contributed by atoms with Crippen molar-refractivity contribution in [1.29, 1.82) is 0 Å². The fraction of sp³-hybridized carbons (Fsp3) is 0.412. The lowest BCUT2D eigenvalue weighted by molar-refractivity contribution is 0.217. The van der Waals surface area contributed by atoms with Crippen LogP contribution in [0.1, 0.15) is 36.8 Å². The third-order valence-electron chi connectivity index (χ3n) is 4.63. The Labute approximate surface area is 124 Å². The fourth-order valence-corrected chi connectivity index (χ4v) is 3.47. The first-order chi connectivity index (χ1) is 10.3. The molecule has 110 valence electrons. The largest absolute Gasteiger partial charge is 0.347 e. The van der Waals surface area contributed by atoms with Gasteiger partial charge in [-0.1, -0.05) is 30.3 Å². The van der Waals surface area contributed by atoms with E-state index in [1.54, 1.807) is 10.8 Å². The van der Waals surface area contributed by atoms with Crippen LogP contribution in [0.15, 0.2) is 53.6 Å². The van der Waals surface area contributed by atoms with Crippen molar-refractivity contribution in [3.8, 4) is 0 Å². The summed E-state index contributed by atoms with van der Waals surface area (Å²) in [6.07, 6.45) is 6.54. The van der Waals surface area contributed by atoms with Gasteiger partial charge in [-0.2, -0.15) is 0 Å². The molecule has 21 heavy (non-hydrogen) atoms. The van der Waals surface area contributed by atoms with Crippen molar-refractivity contribution in [3.05, 3.63) is 64.8 Å². The van der Waals surface area contributed by atoms with Gasteiger partial charge < -0.3 is 5.73 Å². The molecule has 3 unspecified atom stereocenters. The minimum atomic E-state index is -0.172. The van der Waals surface area contributed by atoms with Crippen LogP contribution in [-0.2, 0) is 0 Å². The second kappa shape index (κ2) is 6.22. The van der Waals surface area contributed by atoms with Gasteiger partial charge in [-0.3, -0.25) is 4.57 Å². The summed E-state index contributed by atoms with van der Waals surface area (Å²) in [7, 11) is 0. The van der Waals surface area contributed by atoms with Crippen LogP contribution < -0.4 is 11.4 Å². The summed E-state index contributed by atoms with van der Waals surface area (Å²) in [6, 6.07) is 12.5. The van der Waals surface area contributed by atoms with Crippen LogP contribution in [-0.4, -0.2) is 16.1 Å². The standard InChI is InChI=1S/C17H21N3O/c18-12-15-8-7-14(13-5-2-1-3-6-13)11-16(15)20-10-4-9-19-17(20)21/h1-6,9-10,14-16H,7-8,11-12,18H2. The molecule has 0 amide bonds. The minimum Gasteiger partial charge on any atom is -0.330 e. The van der Waals surface area contributed by atoms with Gasteiger partial charge in [-0.15, -0.1) is 0 Å². The van der Waals surface area contributed by atoms with Crippen molar-refractivity contribution in [1.82, 2.24) is 9.55 Å². The number of aromatic nitrogens is 2. The van der Waals surface area contributed by atoms with Crippen LogP contribution in [0.2, 0.25) is 0 Å². The van der Waals surface area contributed by atoms with Gasteiger partial charge in [0.15, 0.2) is 0 Å². The normalized spacial score (nSPS) is 25.7. The van der Waals surface area contributed by atoms with E-state index >= 15 is 0 Å². The minimum absolute atomic E-state index is 0.148. The maximum Gasteiger partial charge on any atom is 0.347 e. The van der Waals surface area contributed by atoms with Crippen molar-refractivity contribution in [2.75, 3.05) is 6.54 Å². The Balaban J connectivity index is 1.89. The molecule has 3 atom stereocenters. The Morgan fingerprint density at radius 2 is 2.00 bits per heavy atom. The molecule has 0 saturated heterocycles. The zero-order chi connectivity index (χ0) is 14.7. The number of nitrogens with zero attached hydrogens (tertiary/aromatic N) is 2. The molecular weight excluding hydrogens is 262 g/mol. The highest BCUT2D eigenvalue weighted by molar-refractivity contribution is 5.20. The van der Waals surface area contributed by atoms with Crippen molar-refractivity contribution in [3.63, 3.8) is 0 Å². The first-order valence-corrected chi connectivity index (χ1v) is 7.57. The quantitative estimate of drug-likeness (QED) is 0.940. The second-order valence-electron chi connectivity index (χ2n) is 5.79. The van der Waals surface area contributed by atoms with E-state index in [-0.39, 0.29) is 11.7 Å². The summed E-state index contributed by atoms with van der Waals surface area (Å²) in [5.41, 5.74) is 7.11. The topological polar surface area (TPSA) is 60.9 Å². The van der Waals surface area contributed by atoms with Gasteiger partial charge in [0.05, 0.1) is 0 Å². The van der Waals surface area contributed by atoms with Gasteiger partial charge >= 0.3 is 5.69 Å². The predicted molar refractivity (Wildman–Crippen MR) is 83.1 cm³/mol. The molecule has 0 radical (unpaired) electrons. The molecule has 1 saturated carbocycles. The summed E-state index contributed by atoms with van der Waals surface area (Å²) >= 11 is 0. The lowest BCUT2D eigenvalue weighted by Crippen LogP contribution is -2.37. The van der Waals surface area contributed by atoms with E-state index in [4.69, 9.17) is 5.73 Å². The molecule has 0 spiro atoms. The molecule has 0 bridgehead atoms. The van der Waals surface area contributed by atoms with E-state index in [0.29, 0.717) is 18.4 Å². The Hall–Kier alpha value is -1.94. The molecule has 1 heterocycles. The highest BCUT2D eigenvalue weighted by Gasteiger charge is 2.32. The highest BCUT2D eigenvalue weighted by Crippen LogP contribution is 2.41. The van der Waals surface area contributed by atoms with E-state index in [1.165, 1.54) is 5.56 Å². The zero-order valence-corrected chi connectivity index (χ0v) is 12.1. The Morgan fingerprint density at radius 1 is 1.19 bits per heavy atom. The third-order valence-corrected chi connectivity index (χ3v) is 4.63. The van der Waals surface area contributed by atoms with Crippen LogP contribution in [0.3, 0.4) is 0 Å². The molecule has 1 aromatic carbocycles. The maximum absolute atomic E-state index is 12.0. The number of nitrogens with two attached hydrogens (primary N) is 1. The van der Waals surface area contributed by atoms with Crippen molar-refractivity contribution in [2.24, 2.45) is 11.7 Å². The Bertz CT molecular complexity index is 638. The van der Waals surface area contributed by atoms with Crippen LogP contribution in [0.5, 0.6) is 0 Å². The second-order valence-corrected chi connectivity index (χ2v) is 5.79. The first kappa shape index (κ1) is 14.0. The van der Waals surface area contributed by atoms with Gasteiger partial charge in [-0.25, -0.2) is 9.78 Å². The van der Waals surface area contributed by atoms with Gasteiger partial charge in [0, 0.05) is 18.4 Å². The number of hydrogen-bond acceptors (Lipinski definition) is 3. The molecule has 1 aliphatic rings. The van der Waals surface area contributed by atoms with E-state index in [9.17, 15) is 4.79 Å². The molecule has 1 aromatic heterocycles. The Kier molecular flexibility index (Phi) is 4.15. The summed E-state index contributed by atoms with van der Waals surface area (Å²) in [5, 5.41) is 0. The summed E-state index contributed by atoms with van der Waals surface area (Å²) in [5.74, 6) is 0.845. The molecule has 0 aliphatic heterocycles. The van der Waals surface area contributed by atoms with E-state index in [0.717, 1.165) is 19.3 Å².